The molecule has 0 amide bonds. The summed E-state index contributed by atoms with van der Waals surface area (Å²) in [6, 6.07) is 4.30. The van der Waals surface area contributed by atoms with Crippen LogP contribution in [0.5, 0.6) is 5.75 Å². The third kappa shape index (κ3) is 1.79. The van der Waals surface area contributed by atoms with E-state index in [1.807, 2.05) is 0 Å². The zero-order valence-corrected chi connectivity index (χ0v) is 11.9. The SMILES string of the molecule is COc1cc(C)cc2c(C)c(C(C)CN)n(C)c12. The van der Waals surface area contributed by atoms with Gasteiger partial charge in [0, 0.05) is 30.6 Å². The quantitative estimate of drug-likeness (QED) is 0.904. The summed E-state index contributed by atoms with van der Waals surface area (Å²) >= 11 is 0. The third-order valence-electron chi connectivity index (χ3n) is 3.74. The van der Waals surface area contributed by atoms with Crippen molar-refractivity contribution >= 4 is 10.9 Å². The maximum atomic E-state index is 5.82. The number of hydrogen-bond acceptors (Lipinski definition) is 2. The molecule has 0 saturated heterocycles. The van der Waals surface area contributed by atoms with Crippen molar-refractivity contribution in [2.24, 2.45) is 12.8 Å². The highest BCUT2D eigenvalue weighted by Crippen LogP contribution is 2.35. The summed E-state index contributed by atoms with van der Waals surface area (Å²) in [5.41, 5.74) is 10.8. The van der Waals surface area contributed by atoms with Crippen LogP contribution in [0.1, 0.15) is 29.7 Å². The van der Waals surface area contributed by atoms with Gasteiger partial charge in [0.15, 0.2) is 0 Å². The second-order valence-electron chi connectivity index (χ2n) is 5.07. The number of benzene rings is 1. The molecular weight excluding hydrogens is 224 g/mol. The van der Waals surface area contributed by atoms with Crippen LogP contribution < -0.4 is 10.5 Å². The van der Waals surface area contributed by atoms with E-state index >= 15 is 0 Å². The van der Waals surface area contributed by atoms with Crippen molar-refractivity contribution in [3.8, 4) is 5.75 Å². The Bertz CT molecular complexity index is 584. The van der Waals surface area contributed by atoms with Crippen molar-refractivity contribution in [2.75, 3.05) is 13.7 Å². The highest BCUT2D eigenvalue weighted by Gasteiger charge is 2.19. The number of methoxy groups -OCH3 is 1. The molecule has 98 valence electrons. The average molecular weight is 246 g/mol. The number of hydrogen-bond donors (Lipinski definition) is 1. The Kier molecular flexibility index (Phi) is 3.35. The van der Waals surface area contributed by atoms with Gasteiger partial charge >= 0.3 is 0 Å². The lowest BCUT2D eigenvalue weighted by atomic mass is 10.0. The van der Waals surface area contributed by atoms with Crippen LogP contribution in [0.4, 0.5) is 0 Å². The monoisotopic (exact) mass is 246 g/mol. The zero-order chi connectivity index (χ0) is 13.4. The normalized spacial score (nSPS) is 13.0. The zero-order valence-electron chi connectivity index (χ0n) is 11.9. The summed E-state index contributed by atoms with van der Waals surface area (Å²) in [4.78, 5) is 0. The van der Waals surface area contributed by atoms with Gasteiger partial charge < -0.3 is 15.0 Å². The van der Waals surface area contributed by atoms with Gasteiger partial charge in [0.2, 0.25) is 0 Å². The first-order chi connectivity index (χ1) is 8.51. The van der Waals surface area contributed by atoms with Gasteiger partial charge in [-0.25, -0.2) is 0 Å². The van der Waals surface area contributed by atoms with E-state index in [0.29, 0.717) is 12.5 Å². The van der Waals surface area contributed by atoms with Crippen LogP contribution in [0.25, 0.3) is 10.9 Å². The Morgan fingerprint density at radius 3 is 2.56 bits per heavy atom. The molecule has 1 heterocycles. The topological polar surface area (TPSA) is 40.2 Å². The summed E-state index contributed by atoms with van der Waals surface area (Å²) < 4.78 is 7.74. The van der Waals surface area contributed by atoms with Crippen LogP contribution in [-0.4, -0.2) is 18.2 Å². The maximum absolute atomic E-state index is 5.82. The molecule has 2 N–H and O–H groups in total. The number of rotatable bonds is 3. The number of aryl methyl sites for hydroxylation is 3. The molecular formula is C15H22N2O. The van der Waals surface area contributed by atoms with Crippen LogP contribution in [0, 0.1) is 13.8 Å². The Morgan fingerprint density at radius 1 is 1.33 bits per heavy atom. The fraction of sp³-hybridized carbons (Fsp3) is 0.467. The summed E-state index contributed by atoms with van der Waals surface area (Å²) in [5, 5.41) is 1.27. The first kappa shape index (κ1) is 13.0. The van der Waals surface area contributed by atoms with E-state index in [1.54, 1.807) is 7.11 Å². The Balaban J connectivity index is 2.85. The Hall–Kier alpha value is -1.48. The summed E-state index contributed by atoms with van der Waals surface area (Å²) in [6.07, 6.45) is 0. The number of ether oxygens (including phenoxy) is 1. The molecule has 0 aliphatic rings. The van der Waals surface area contributed by atoms with E-state index < -0.39 is 0 Å². The fourth-order valence-electron chi connectivity index (χ4n) is 2.85. The number of nitrogens with zero attached hydrogens (tertiary/aromatic N) is 1. The van der Waals surface area contributed by atoms with Gasteiger partial charge in [0.05, 0.1) is 12.6 Å². The summed E-state index contributed by atoms with van der Waals surface area (Å²) in [5.74, 6) is 1.29. The van der Waals surface area contributed by atoms with Crippen molar-refractivity contribution in [2.45, 2.75) is 26.7 Å². The molecule has 0 aliphatic carbocycles. The van der Waals surface area contributed by atoms with E-state index in [2.05, 4.69) is 44.5 Å². The highest BCUT2D eigenvalue weighted by molar-refractivity contribution is 5.91. The lowest BCUT2D eigenvalue weighted by Crippen LogP contribution is -2.13. The minimum absolute atomic E-state index is 0.354. The van der Waals surface area contributed by atoms with Crippen molar-refractivity contribution < 1.29 is 4.74 Å². The third-order valence-corrected chi connectivity index (χ3v) is 3.74. The fourth-order valence-corrected chi connectivity index (χ4v) is 2.85. The van der Waals surface area contributed by atoms with Crippen molar-refractivity contribution in [3.63, 3.8) is 0 Å². The largest absolute Gasteiger partial charge is 0.495 e. The van der Waals surface area contributed by atoms with Gasteiger partial charge in [-0.15, -0.1) is 0 Å². The molecule has 1 atom stereocenters. The molecule has 0 bridgehead atoms. The summed E-state index contributed by atoms with van der Waals surface area (Å²) in [6.45, 7) is 7.09. The van der Waals surface area contributed by atoms with Crippen LogP contribution in [-0.2, 0) is 7.05 Å². The van der Waals surface area contributed by atoms with Crippen LogP contribution in [0.15, 0.2) is 12.1 Å². The van der Waals surface area contributed by atoms with Gasteiger partial charge in [-0.1, -0.05) is 6.92 Å². The molecule has 2 aromatic rings. The van der Waals surface area contributed by atoms with Crippen LogP contribution in [0.2, 0.25) is 0 Å². The molecule has 1 aromatic heterocycles. The molecule has 0 aliphatic heterocycles. The van der Waals surface area contributed by atoms with Gasteiger partial charge in [-0.05, 0) is 37.1 Å². The van der Waals surface area contributed by atoms with E-state index in [0.717, 1.165) is 11.3 Å². The Labute approximate surface area is 109 Å². The van der Waals surface area contributed by atoms with E-state index in [1.165, 1.54) is 22.2 Å². The first-order valence-electron chi connectivity index (χ1n) is 6.34. The van der Waals surface area contributed by atoms with Gasteiger partial charge in [0.1, 0.15) is 5.75 Å². The second kappa shape index (κ2) is 4.65. The van der Waals surface area contributed by atoms with E-state index in [-0.39, 0.29) is 0 Å². The molecule has 0 saturated carbocycles. The lowest BCUT2D eigenvalue weighted by Gasteiger charge is -2.12. The molecule has 0 fully saturated rings. The minimum Gasteiger partial charge on any atom is -0.495 e. The smallest absolute Gasteiger partial charge is 0.143 e. The molecule has 0 spiro atoms. The van der Waals surface area contributed by atoms with Gasteiger partial charge in [-0.3, -0.25) is 0 Å². The molecule has 1 aromatic carbocycles. The molecule has 2 rings (SSSR count). The molecule has 18 heavy (non-hydrogen) atoms. The van der Waals surface area contributed by atoms with Crippen LogP contribution in [0.3, 0.4) is 0 Å². The highest BCUT2D eigenvalue weighted by atomic mass is 16.5. The van der Waals surface area contributed by atoms with Crippen LogP contribution >= 0.6 is 0 Å². The molecule has 1 unspecified atom stereocenters. The number of fused-ring (bicyclic) bond motifs is 1. The summed E-state index contributed by atoms with van der Waals surface area (Å²) in [7, 11) is 3.82. The standard InChI is InChI=1S/C15H22N2O/c1-9-6-12-11(3)14(10(2)8-16)17(4)15(12)13(7-9)18-5/h6-7,10H,8,16H2,1-5H3. The molecule has 0 radical (unpaired) electrons. The number of aromatic nitrogens is 1. The predicted octanol–water partition coefficient (Wildman–Crippen LogP) is 2.87. The lowest BCUT2D eigenvalue weighted by molar-refractivity contribution is 0.417. The van der Waals surface area contributed by atoms with E-state index in [9.17, 15) is 0 Å². The second-order valence-corrected chi connectivity index (χ2v) is 5.07. The van der Waals surface area contributed by atoms with Gasteiger partial charge in [-0.2, -0.15) is 0 Å². The minimum atomic E-state index is 0.354. The van der Waals surface area contributed by atoms with Crippen molar-refractivity contribution in [3.05, 3.63) is 29.0 Å². The maximum Gasteiger partial charge on any atom is 0.143 e. The van der Waals surface area contributed by atoms with Gasteiger partial charge in [0.25, 0.3) is 0 Å². The number of nitrogens with two attached hydrogens (primary N) is 1. The molecule has 3 heteroatoms. The van der Waals surface area contributed by atoms with E-state index in [4.69, 9.17) is 10.5 Å². The average Bonchev–Trinajstić information content (AvgIpc) is 2.60. The first-order valence-corrected chi connectivity index (χ1v) is 6.34. The Morgan fingerprint density at radius 2 is 2.00 bits per heavy atom. The van der Waals surface area contributed by atoms with Crippen molar-refractivity contribution in [1.29, 1.82) is 0 Å². The van der Waals surface area contributed by atoms with Crippen molar-refractivity contribution in [1.82, 2.24) is 4.57 Å². The molecule has 3 nitrogen and oxygen atoms in total. The predicted molar refractivity (Wildman–Crippen MR) is 76.4 cm³/mol.